The summed E-state index contributed by atoms with van der Waals surface area (Å²) >= 11 is 0. The number of carbonyl (C=O) groups excluding carboxylic acids is 2. The zero-order valence-electron chi connectivity index (χ0n) is 13.4. The Hall–Kier alpha value is -2.44. The highest BCUT2D eigenvalue weighted by atomic mass is 16.7. The Balaban J connectivity index is 1.35. The topological polar surface area (TPSA) is 83.9 Å². The van der Waals surface area contributed by atoms with Crippen molar-refractivity contribution in [3.8, 4) is 0 Å². The fourth-order valence-corrected chi connectivity index (χ4v) is 3.19. The number of nitrogens with one attached hydrogen (secondary N) is 1. The third kappa shape index (κ3) is 2.98. The number of hydrogen-bond acceptors (Lipinski definition) is 5. The van der Waals surface area contributed by atoms with Crippen molar-refractivity contribution in [3.05, 3.63) is 30.1 Å². The summed E-state index contributed by atoms with van der Waals surface area (Å²) in [5.41, 5.74) is 0.301. The van der Waals surface area contributed by atoms with Crippen LogP contribution in [0.25, 0.3) is 0 Å². The van der Waals surface area contributed by atoms with E-state index in [2.05, 4.69) is 15.5 Å². The Labute approximate surface area is 140 Å². The Kier molecular flexibility index (Phi) is 3.70. The van der Waals surface area contributed by atoms with Crippen LogP contribution >= 0.6 is 0 Å². The van der Waals surface area contributed by atoms with Crippen molar-refractivity contribution in [2.45, 2.75) is 31.3 Å². The van der Waals surface area contributed by atoms with Gasteiger partial charge in [0.05, 0.1) is 6.54 Å². The molecule has 3 heterocycles. The number of likely N-dealkylation sites (tertiary alicyclic amines) is 1. The second-order valence-corrected chi connectivity index (χ2v) is 6.83. The number of rotatable bonds is 4. The average Bonchev–Trinajstić information content (AvgIpc) is 3.22. The zero-order valence-corrected chi connectivity index (χ0v) is 13.4. The molecule has 1 saturated heterocycles. The minimum Gasteiger partial charge on any atom is -0.386 e. The molecule has 1 spiro atoms. The predicted octanol–water partition coefficient (Wildman–Crippen LogP) is 0.969. The largest absolute Gasteiger partial charge is 0.386 e. The maximum Gasteiger partial charge on any atom is 0.272 e. The molecule has 0 bridgehead atoms. The molecule has 1 unspecified atom stereocenters. The SMILES string of the molecule is O=C(NCC1CC1)C1=NOC2(CCN(C(=O)c3ccccn3)C2)C1. The van der Waals surface area contributed by atoms with Crippen LogP contribution < -0.4 is 5.32 Å². The molecule has 2 amide bonds. The van der Waals surface area contributed by atoms with Gasteiger partial charge in [0, 0.05) is 32.1 Å². The Morgan fingerprint density at radius 3 is 3.00 bits per heavy atom. The van der Waals surface area contributed by atoms with Gasteiger partial charge < -0.3 is 15.1 Å². The molecule has 1 aliphatic carbocycles. The highest BCUT2D eigenvalue weighted by Gasteiger charge is 2.48. The van der Waals surface area contributed by atoms with Crippen molar-refractivity contribution < 1.29 is 14.4 Å². The van der Waals surface area contributed by atoms with E-state index >= 15 is 0 Å². The summed E-state index contributed by atoms with van der Waals surface area (Å²) in [6, 6.07) is 5.28. The lowest BCUT2D eigenvalue weighted by Crippen LogP contribution is -2.39. The van der Waals surface area contributed by atoms with Gasteiger partial charge in [-0.05, 0) is 30.9 Å². The Bertz CT molecular complexity index is 686. The monoisotopic (exact) mass is 328 g/mol. The number of aromatic nitrogens is 1. The first kappa shape index (κ1) is 15.1. The lowest BCUT2D eigenvalue weighted by Gasteiger charge is -2.21. The lowest BCUT2D eigenvalue weighted by atomic mass is 9.96. The van der Waals surface area contributed by atoms with E-state index in [1.807, 2.05) is 0 Å². The summed E-state index contributed by atoms with van der Waals surface area (Å²) in [7, 11) is 0. The van der Waals surface area contributed by atoms with Crippen molar-refractivity contribution in [3.63, 3.8) is 0 Å². The van der Waals surface area contributed by atoms with Gasteiger partial charge >= 0.3 is 0 Å². The maximum absolute atomic E-state index is 12.5. The molecule has 1 saturated carbocycles. The van der Waals surface area contributed by atoms with E-state index in [0.29, 0.717) is 43.3 Å². The number of oxime groups is 1. The van der Waals surface area contributed by atoms with Crippen molar-refractivity contribution in [2.24, 2.45) is 11.1 Å². The van der Waals surface area contributed by atoms with E-state index in [1.54, 1.807) is 29.3 Å². The van der Waals surface area contributed by atoms with Crippen LogP contribution in [0.1, 0.15) is 36.2 Å². The fourth-order valence-electron chi connectivity index (χ4n) is 3.19. The molecule has 1 aromatic heterocycles. The molecule has 0 aromatic carbocycles. The summed E-state index contributed by atoms with van der Waals surface area (Å²) < 4.78 is 0. The number of pyridine rings is 1. The summed E-state index contributed by atoms with van der Waals surface area (Å²) in [5, 5.41) is 6.90. The van der Waals surface area contributed by atoms with Crippen LogP contribution in [0.4, 0.5) is 0 Å². The molecule has 4 rings (SSSR count). The molecule has 1 N–H and O–H groups in total. The van der Waals surface area contributed by atoms with E-state index in [-0.39, 0.29) is 11.8 Å². The average molecular weight is 328 g/mol. The third-order valence-electron chi connectivity index (χ3n) is 4.84. The minimum atomic E-state index is -0.559. The van der Waals surface area contributed by atoms with Gasteiger partial charge in [-0.1, -0.05) is 11.2 Å². The van der Waals surface area contributed by atoms with Gasteiger partial charge in [-0.25, -0.2) is 0 Å². The fraction of sp³-hybridized carbons (Fsp3) is 0.529. The molecule has 7 heteroatoms. The van der Waals surface area contributed by atoms with E-state index in [9.17, 15) is 9.59 Å². The molecule has 1 atom stereocenters. The van der Waals surface area contributed by atoms with E-state index < -0.39 is 5.60 Å². The van der Waals surface area contributed by atoms with Crippen LogP contribution in [-0.4, -0.2) is 52.6 Å². The smallest absolute Gasteiger partial charge is 0.272 e. The second kappa shape index (κ2) is 5.89. The molecular formula is C17H20N4O3. The van der Waals surface area contributed by atoms with Gasteiger partial charge in [-0.15, -0.1) is 0 Å². The number of hydrogen-bond donors (Lipinski definition) is 1. The first-order chi connectivity index (χ1) is 11.7. The second-order valence-electron chi connectivity index (χ2n) is 6.83. The quantitative estimate of drug-likeness (QED) is 0.892. The highest BCUT2D eigenvalue weighted by Crippen LogP contribution is 2.34. The van der Waals surface area contributed by atoms with Gasteiger partial charge in [-0.3, -0.25) is 14.6 Å². The molecule has 7 nitrogen and oxygen atoms in total. The van der Waals surface area contributed by atoms with Crippen molar-refractivity contribution in [1.29, 1.82) is 0 Å². The summed E-state index contributed by atoms with van der Waals surface area (Å²) in [6.07, 6.45) is 5.12. The van der Waals surface area contributed by atoms with E-state index in [4.69, 9.17) is 4.84 Å². The van der Waals surface area contributed by atoms with Crippen LogP contribution in [-0.2, 0) is 9.63 Å². The summed E-state index contributed by atoms with van der Waals surface area (Å²) in [6.45, 7) is 1.74. The first-order valence-electron chi connectivity index (χ1n) is 8.39. The zero-order chi connectivity index (χ0) is 16.6. The van der Waals surface area contributed by atoms with Gasteiger partial charge in [0.1, 0.15) is 11.4 Å². The van der Waals surface area contributed by atoms with Gasteiger partial charge in [0.15, 0.2) is 5.60 Å². The molecule has 126 valence electrons. The standard InChI is InChI=1S/C17H20N4O3/c22-15(19-10-12-4-5-12)14-9-17(24-20-14)6-8-21(11-17)16(23)13-3-1-2-7-18-13/h1-3,7,12H,4-6,8-11H2,(H,19,22). The maximum atomic E-state index is 12.5. The van der Waals surface area contributed by atoms with Crippen LogP contribution in [0, 0.1) is 5.92 Å². The normalized spacial score (nSPS) is 25.5. The van der Waals surface area contributed by atoms with Gasteiger partial charge in [-0.2, -0.15) is 0 Å². The van der Waals surface area contributed by atoms with Crippen LogP contribution in [0.3, 0.4) is 0 Å². The number of amides is 2. The Morgan fingerprint density at radius 1 is 1.38 bits per heavy atom. The molecule has 2 fully saturated rings. The molecule has 24 heavy (non-hydrogen) atoms. The predicted molar refractivity (Wildman–Crippen MR) is 86.4 cm³/mol. The highest BCUT2D eigenvalue weighted by molar-refractivity contribution is 6.39. The van der Waals surface area contributed by atoms with Crippen LogP contribution in [0.5, 0.6) is 0 Å². The Morgan fingerprint density at radius 2 is 2.25 bits per heavy atom. The lowest BCUT2D eigenvalue weighted by molar-refractivity contribution is -0.115. The van der Waals surface area contributed by atoms with E-state index in [0.717, 1.165) is 6.54 Å². The summed E-state index contributed by atoms with van der Waals surface area (Å²) in [4.78, 5) is 36.0. The van der Waals surface area contributed by atoms with Crippen molar-refractivity contribution in [1.82, 2.24) is 15.2 Å². The van der Waals surface area contributed by atoms with E-state index in [1.165, 1.54) is 12.8 Å². The van der Waals surface area contributed by atoms with Gasteiger partial charge in [0.25, 0.3) is 11.8 Å². The van der Waals surface area contributed by atoms with Crippen molar-refractivity contribution >= 4 is 17.5 Å². The molecular weight excluding hydrogens is 308 g/mol. The van der Waals surface area contributed by atoms with Crippen LogP contribution in [0.15, 0.2) is 29.6 Å². The molecule has 1 aromatic rings. The molecule has 0 radical (unpaired) electrons. The minimum absolute atomic E-state index is 0.109. The van der Waals surface area contributed by atoms with Gasteiger partial charge in [0.2, 0.25) is 0 Å². The summed E-state index contributed by atoms with van der Waals surface area (Å²) in [5.74, 6) is 0.375. The molecule has 2 aliphatic heterocycles. The van der Waals surface area contributed by atoms with Crippen molar-refractivity contribution in [2.75, 3.05) is 19.6 Å². The number of carbonyl (C=O) groups is 2. The number of nitrogens with zero attached hydrogens (tertiary/aromatic N) is 3. The molecule has 3 aliphatic rings. The van der Waals surface area contributed by atoms with Crippen LogP contribution in [0.2, 0.25) is 0 Å². The third-order valence-corrected chi connectivity index (χ3v) is 4.84. The first-order valence-corrected chi connectivity index (χ1v) is 8.39.